The third-order valence-corrected chi connectivity index (χ3v) is 8.01. The van der Waals surface area contributed by atoms with Crippen LogP contribution in [-0.2, 0) is 9.59 Å². The monoisotopic (exact) mass is 364 g/mol. The van der Waals surface area contributed by atoms with Gasteiger partial charge in [-0.1, -0.05) is 25.7 Å². The molecule has 0 bridgehead atoms. The quantitative estimate of drug-likeness (QED) is 0.768. The molecule has 0 aromatic rings. The Morgan fingerprint density at radius 2 is 1.12 bits per heavy atom. The van der Waals surface area contributed by atoms with Gasteiger partial charge >= 0.3 is 0 Å². The summed E-state index contributed by atoms with van der Waals surface area (Å²) in [5, 5.41) is 0. The van der Waals surface area contributed by atoms with Gasteiger partial charge in [0.25, 0.3) is 0 Å². The van der Waals surface area contributed by atoms with E-state index in [-0.39, 0.29) is 11.8 Å². The summed E-state index contributed by atoms with van der Waals surface area (Å²) < 4.78 is 0. The van der Waals surface area contributed by atoms with Gasteiger partial charge < -0.3 is 9.80 Å². The average molecular weight is 365 g/mol. The summed E-state index contributed by atoms with van der Waals surface area (Å²) >= 11 is 1.54. The van der Waals surface area contributed by atoms with Crippen LogP contribution in [0.25, 0.3) is 0 Å². The number of hydrogen-bond donors (Lipinski definition) is 0. The molecule has 4 fully saturated rings. The van der Waals surface area contributed by atoms with Gasteiger partial charge in [0.1, 0.15) is 0 Å². The molecule has 2 heterocycles. The molecule has 2 saturated heterocycles. The highest BCUT2D eigenvalue weighted by atomic mass is 32.2. The second-order valence-electron chi connectivity index (χ2n) is 8.47. The second kappa shape index (κ2) is 7.89. The van der Waals surface area contributed by atoms with Gasteiger partial charge in [-0.3, -0.25) is 9.59 Å². The molecule has 4 aliphatic rings. The van der Waals surface area contributed by atoms with Crippen molar-refractivity contribution in [3.8, 4) is 0 Å². The second-order valence-corrected chi connectivity index (χ2v) is 9.45. The molecule has 0 spiro atoms. The first-order valence-electron chi connectivity index (χ1n) is 10.4. The Bertz CT molecular complexity index is 468. The Balaban J connectivity index is 1.22. The lowest BCUT2D eigenvalue weighted by atomic mass is 9.85. The molecule has 2 amide bonds. The van der Waals surface area contributed by atoms with Crippen LogP contribution >= 0.6 is 11.8 Å². The van der Waals surface area contributed by atoms with Crippen LogP contribution in [-0.4, -0.2) is 58.3 Å². The van der Waals surface area contributed by atoms with Crippen LogP contribution in [0.4, 0.5) is 0 Å². The van der Waals surface area contributed by atoms with Crippen molar-refractivity contribution in [3.05, 3.63) is 0 Å². The first-order valence-corrected chi connectivity index (χ1v) is 11.6. The molecule has 0 radical (unpaired) electrons. The van der Waals surface area contributed by atoms with E-state index in [2.05, 4.69) is 9.80 Å². The Morgan fingerprint density at radius 1 is 0.680 bits per heavy atom. The molecule has 0 aromatic carbocycles. The van der Waals surface area contributed by atoms with Gasteiger partial charge in [-0.15, -0.1) is 11.8 Å². The summed E-state index contributed by atoms with van der Waals surface area (Å²) in [5.74, 6) is 3.00. The van der Waals surface area contributed by atoms with E-state index in [1.807, 2.05) is 0 Å². The van der Waals surface area contributed by atoms with Crippen molar-refractivity contribution in [1.29, 1.82) is 0 Å². The minimum Gasteiger partial charge on any atom is -0.339 e. The SMILES string of the molecule is O=C(CSCC(=O)N1CC[C@H]2CCCC[C@@H]21)N1CC[C@H]2CCCC[C@H]21. The third kappa shape index (κ3) is 3.72. The van der Waals surface area contributed by atoms with E-state index in [0.29, 0.717) is 23.6 Å². The number of carbonyl (C=O) groups excluding carboxylic acids is 2. The molecule has 0 unspecified atom stereocenters. The average Bonchev–Trinajstić information content (AvgIpc) is 3.26. The van der Waals surface area contributed by atoms with Crippen LogP contribution in [0.5, 0.6) is 0 Å². The van der Waals surface area contributed by atoms with Gasteiger partial charge in [0.05, 0.1) is 11.5 Å². The largest absolute Gasteiger partial charge is 0.339 e. The number of amides is 2. The van der Waals surface area contributed by atoms with Crippen molar-refractivity contribution < 1.29 is 9.59 Å². The number of rotatable bonds is 4. The summed E-state index contributed by atoms with van der Waals surface area (Å²) in [5.41, 5.74) is 0. The standard InChI is InChI=1S/C20H32N2O2S/c23-19(21-11-9-15-5-1-3-7-17(15)21)13-25-14-20(24)22-12-10-16-6-2-4-8-18(16)22/h15-18H,1-14H2/t15-,16-,17-,18+/m1/s1. The molecule has 5 heteroatoms. The number of likely N-dealkylation sites (tertiary alicyclic amines) is 2. The highest BCUT2D eigenvalue weighted by Gasteiger charge is 2.39. The van der Waals surface area contributed by atoms with Crippen molar-refractivity contribution >= 4 is 23.6 Å². The maximum Gasteiger partial charge on any atom is 0.232 e. The Morgan fingerprint density at radius 3 is 1.60 bits per heavy atom. The molecule has 4 rings (SSSR count). The van der Waals surface area contributed by atoms with Gasteiger partial charge in [-0.25, -0.2) is 0 Å². The van der Waals surface area contributed by atoms with Crippen LogP contribution in [0.15, 0.2) is 0 Å². The third-order valence-electron chi connectivity index (χ3n) is 7.11. The van der Waals surface area contributed by atoms with Crippen molar-refractivity contribution in [2.75, 3.05) is 24.6 Å². The molecule has 140 valence electrons. The minimum absolute atomic E-state index is 0.268. The molecule has 2 aliphatic heterocycles. The fourth-order valence-electron chi connectivity index (χ4n) is 5.82. The first kappa shape index (κ1) is 17.7. The van der Waals surface area contributed by atoms with Crippen LogP contribution in [0, 0.1) is 11.8 Å². The van der Waals surface area contributed by atoms with E-state index in [1.54, 1.807) is 0 Å². The topological polar surface area (TPSA) is 40.6 Å². The Hall–Kier alpha value is -0.710. The van der Waals surface area contributed by atoms with Crippen molar-refractivity contribution in [2.24, 2.45) is 11.8 Å². The molecule has 0 aromatic heterocycles. The summed E-state index contributed by atoms with van der Waals surface area (Å²) in [4.78, 5) is 29.5. The van der Waals surface area contributed by atoms with E-state index < -0.39 is 0 Å². The van der Waals surface area contributed by atoms with Gasteiger partial charge in [-0.05, 0) is 50.4 Å². The van der Waals surface area contributed by atoms with Crippen LogP contribution in [0.2, 0.25) is 0 Å². The fourth-order valence-corrected chi connectivity index (χ4v) is 6.61. The normalized spacial score (nSPS) is 34.7. The van der Waals surface area contributed by atoms with Gasteiger partial charge in [0.15, 0.2) is 0 Å². The zero-order chi connectivity index (χ0) is 17.2. The highest BCUT2D eigenvalue weighted by Crippen LogP contribution is 2.37. The maximum absolute atomic E-state index is 12.6. The maximum atomic E-state index is 12.6. The predicted octanol–water partition coefficient (Wildman–Crippen LogP) is 3.30. The summed E-state index contributed by atoms with van der Waals surface area (Å²) in [6.45, 7) is 1.89. The van der Waals surface area contributed by atoms with Gasteiger partial charge in [0.2, 0.25) is 11.8 Å². The van der Waals surface area contributed by atoms with Crippen molar-refractivity contribution in [3.63, 3.8) is 0 Å². The lowest BCUT2D eigenvalue weighted by Gasteiger charge is -2.32. The molecule has 4 atom stereocenters. The van der Waals surface area contributed by atoms with Gasteiger partial charge in [-0.2, -0.15) is 0 Å². The lowest BCUT2D eigenvalue weighted by Crippen LogP contribution is -2.41. The van der Waals surface area contributed by atoms with Crippen LogP contribution in [0.3, 0.4) is 0 Å². The highest BCUT2D eigenvalue weighted by molar-refractivity contribution is 8.00. The Labute approximate surface area is 156 Å². The number of hydrogen-bond acceptors (Lipinski definition) is 3. The number of carbonyl (C=O) groups is 2. The number of thioether (sulfide) groups is 1. The van der Waals surface area contributed by atoms with E-state index in [4.69, 9.17) is 0 Å². The molecule has 25 heavy (non-hydrogen) atoms. The fraction of sp³-hybridized carbons (Fsp3) is 0.900. The summed E-state index contributed by atoms with van der Waals surface area (Å²) in [7, 11) is 0. The molecule has 2 aliphatic carbocycles. The summed E-state index contributed by atoms with van der Waals surface area (Å²) in [6, 6.07) is 0.998. The minimum atomic E-state index is 0.268. The zero-order valence-electron chi connectivity index (χ0n) is 15.3. The molecular formula is C20H32N2O2S. The van der Waals surface area contributed by atoms with E-state index >= 15 is 0 Å². The first-order chi connectivity index (χ1) is 12.2. The summed E-state index contributed by atoms with van der Waals surface area (Å²) in [6.07, 6.45) is 12.6. The Kier molecular flexibility index (Phi) is 5.59. The predicted molar refractivity (Wildman–Crippen MR) is 101 cm³/mol. The van der Waals surface area contributed by atoms with Crippen molar-refractivity contribution in [1.82, 2.24) is 9.80 Å². The molecule has 2 saturated carbocycles. The number of nitrogens with zero attached hydrogens (tertiary/aromatic N) is 2. The van der Waals surface area contributed by atoms with Crippen LogP contribution in [0.1, 0.15) is 64.2 Å². The molecule has 0 N–H and O–H groups in total. The zero-order valence-corrected chi connectivity index (χ0v) is 16.1. The molecular weight excluding hydrogens is 332 g/mol. The number of fused-ring (bicyclic) bond motifs is 2. The smallest absolute Gasteiger partial charge is 0.232 e. The van der Waals surface area contributed by atoms with Crippen molar-refractivity contribution in [2.45, 2.75) is 76.3 Å². The molecule has 4 nitrogen and oxygen atoms in total. The van der Waals surface area contributed by atoms with Gasteiger partial charge in [0, 0.05) is 25.2 Å². The van der Waals surface area contributed by atoms with E-state index in [1.165, 1.54) is 76.0 Å². The van der Waals surface area contributed by atoms with E-state index in [0.717, 1.165) is 24.9 Å². The van der Waals surface area contributed by atoms with E-state index in [9.17, 15) is 9.59 Å². The van der Waals surface area contributed by atoms with Crippen LogP contribution < -0.4 is 0 Å². The lowest BCUT2D eigenvalue weighted by molar-refractivity contribution is -0.130.